The molecule has 138 valence electrons. The van der Waals surface area contributed by atoms with Gasteiger partial charge in [-0.15, -0.1) is 0 Å². The van der Waals surface area contributed by atoms with E-state index in [-0.39, 0.29) is 18.1 Å². The number of hydrogen-bond acceptors (Lipinski definition) is 5. The number of non-ortho nitro benzene ring substituents is 1. The maximum absolute atomic E-state index is 12.6. The van der Waals surface area contributed by atoms with Gasteiger partial charge in [0.2, 0.25) is 5.91 Å². The number of benzene rings is 2. The third-order valence-electron chi connectivity index (χ3n) is 4.89. The second kappa shape index (κ2) is 7.06. The number of anilines is 1. The number of nitrogens with zero attached hydrogens (tertiary/aromatic N) is 5. The Labute approximate surface area is 155 Å². The third-order valence-corrected chi connectivity index (χ3v) is 4.89. The van der Waals surface area contributed by atoms with Gasteiger partial charge in [0, 0.05) is 49.4 Å². The first-order valence-corrected chi connectivity index (χ1v) is 8.79. The van der Waals surface area contributed by atoms with Crippen LogP contribution in [0.1, 0.15) is 0 Å². The van der Waals surface area contributed by atoms with Crippen LogP contribution in [-0.4, -0.2) is 51.7 Å². The summed E-state index contributed by atoms with van der Waals surface area (Å²) in [5.74, 6) is 0.0483. The molecule has 1 fully saturated rings. The third kappa shape index (κ3) is 3.46. The van der Waals surface area contributed by atoms with Crippen LogP contribution in [0.15, 0.2) is 54.7 Å². The van der Waals surface area contributed by atoms with Crippen LogP contribution in [0.4, 0.5) is 11.4 Å². The average molecular weight is 365 g/mol. The minimum Gasteiger partial charge on any atom is -0.368 e. The minimum atomic E-state index is -0.403. The van der Waals surface area contributed by atoms with E-state index in [0.717, 1.165) is 16.6 Å². The maximum atomic E-state index is 12.6. The summed E-state index contributed by atoms with van der Waals surface area (Å²) in [6, 6.07) is 14.4. The molecule has 8 nitrogen and oxygen atoms in total. The highest BCUT2D eigenvalue weighted by atomic mass is 16.6. The van der Waals surface area contributed by atoms with E-state index in [1.165, 1.54) is 12.1 Å². The van der Waals surface area contributed by atoms with Crippen molar-refractivity contribution in [2.24, 2.45) is 0 Å². The molecular formula is C19H19N5O3. The second-order valence-electron chi connectivity index (χ2n) is 6.50. The Morgan fingerprint density at radius 1 is 1.04 bits per heavy atom. The lowest BCUT2D eigenvalue weighted by Crippen LogP contribution is -2.49. The molecule has 0 aliphatic carbocycles. The molecule has 27 heavy (non-hydrogen) atoms. The summed E-state index contributed by atoms with van der Waals surface area (Å²) in [6.45, 7) is 2.86. The number of fused-ring (bicyclic) bond motifs is 1. The Kier molecular flexibility index (Phi) is 4.45. The van der Waals surface area contributed by atoms with Crippen molar-refractivity contribution in [3.8, 4) is 0 Å². The van der Waals surface area contributed by atoms with Crippen LogP contribution < -0.4 is 4.90 Å². The van der Waals surface area contributed by atoms with Gasteiger partial charge in [-0.2, -0.15) is 5.10 Å². The standard InChI is InChI=1S/C19H19N5O3/c25-19(14-23-18-4-2-1-3-15(18)13-20-23)22-11-9-21(10-12-22)16-5-7-17(8-6-16)24(26)27/h1-8,13H,9-12,14H2. The molecule has 0 saturated carbocycles. The topological polar surface area (TPSA) is 84.5 Å². The Hall–Kier alpha value is -3.42. The molecule has 0 atom stereocenters. The molecule has 1 aliphatic heterocycles. The zero-order chi connectivity index (χ0) is 18.8. The van der Waals surface area contributed by atoms with E-state index >= 15 is 0 Å². The fourth-order valence-corrected chi connectivity index (χ4v) is 3.38. The van der Waals surface area contributed by atoms with Crippen molar-refractivity contribution in [1.29, 1.82) is 0 Å². The van der Waals surface area contributed by atoms with E-state index in [4.69, 9.17) is 0 Å². The van der Waals surface area contributed by atoms with E-state index in [9.17, 15) is 14.9 Å². The number of nitro benzene ring substituents is 1. The molecular weight excluding hydrogens is 346 g/mol. The lowest BCUT2D eigenvalue weighted by atomic mass is 10.2. The fourth-order valence-electron chi connectivity index (χ4n) is 3.38. The number of piperazine rings is 1. The zero-order valence-corrected chi connectivity index (χ0v) is 14.7. The van der Waals surface area contributed by atoms with Gasteiger partial charge in [0.25, 0.3) is 5.69 Å². The van der Waals surface area contributed by atoms with Crippen LogP contribution in [0, 0.1) is 10.1 Å². The van der Waals surface area contributed by atoms with Gasteiger partial charge in [-0.05, 0) is 18.2 Å². The van der Waals surface area contributed by atoms with Gasteiger partial charge in [-0.1, -0.05) is 18.2 Å². The summed E-state index contributed by atoms with van der Waals surface area (Å²) in [5.41, 5.74) is 1.97. The van der Waals surface area contributed by atoms with E-state index in [1.54, 1.807) is 23.0 Å². The van der Waals surface area contributed by atoms with Gasteiger partial charge in [-0.25, -0.2) is 0 Å². The number of nitro groups is 1. The number of carbonyl (C=O) groups excluding carboxylic acids is 1. The van der Waals surface area contributed by atoms with E-state index < -0.39 is 4.92 Å². The molecule has 0 radical (unpaired) electrons. The molecule has 2 aromatic carbocycles. The zero-order valence-electron chi connectivity index (χ0n) is 14.7. The molecule has 4 rings (SSSR count). The average Bonchev–Trinajstić information content (AvgIpc) is 3.11. The summed E-state index contributed by atoms with van der Waals surface area (Å²) in [7, 11) is 0. The smallest absolute Gasteiger partial charge is 0.269 e. The first-order chi connectivity index (χ1) is 13.1. The van der Waals surface area contributed by atoms with E-state index in [1.807, 2.05) is 29.2 Å². The quantitative estimate of drug-likeness (QED) is 0.523. The molecule has 0 bridgehead atoms. The highest BCUT2D eigenvalue weighted by Gasteiger charge is 2.22. The van der Waals surface area contributed by atoms with Gasteiger partial charge in [0.15, 0.2) is 0 Å². The van der Waals surface area contributed by atoms with Crippen molar-refractivity contribution in [2.75, 3.05) is 31.1 Å². The largest absolute Gasteiger partial charge is 0.368 e. The molecule has 1 saturated heterocycles. The van der Waals surface area contributed by atoms with Crippen molar-refractivity contribution in [1.82, 2.24) is 14.7 Å². The van der Waals surface area contributed by atoms with Crippen molar-refractivity contribution in [3.05, 3.63) is 64.8 Å². The van der Waals surface area contributed by atoms with Gasteiger partial charge in [-0.3, -0.25) is 19.6 Å². The van der Waals surface area contributed by atoms with Crippen LogP contribution >= 0.6 is 0 Å². The Morgan fingerprint density at radius 2 is 1.74 bits per heavy atom. The van der Waals surface area contributed by atoms with Gasteiger partial charge in [0.1, 0.15) is 6.54 Å². The lowest BCUT2D eigenvalue weighted by Gasteiger charge is -2.36. The number of hydrogen-bond donors (Lipinski definition) is 0. The van der Waals surface area contributed by atoms with Crippen LogP contribution in [0.5, 0.6) is 0 Å². The highest BCUT2D eigenvalue weighted by Crippen LogP contribution is 2.21. The normalized spacial score (nSPS) is 14.5. The van der Waals surface area contributed by atoms with Gasteiger partial charge >= 0.3 is 0 Å². The van der Waals surface area contributed by atoms with Crippen LogP contribution in [0.2, 0.25) is 0 Å². The highest BCUT2D eigenvalue weighted by molar-refractivity contribution is 5.82. The van der Waals surface area contributed by atoms with Gasteiger partial charge in [0.05, 0.1) is 16.6 Å². The fraction of sp³-hybridized carbons (Fsp3) is 0.263. The Morgan fingerprint density at radius 3 is 2.44 bits per heavy atom. The molecule has 2 heterocycles. The Balaban J connectivity index is 1.37. The molecule has 1 amide bonds. The summed E-state index contributed by atoms with van der Waals surface area (Å²) in [5, 5.41) is 16.1. The molecule has 3 aromatic rings. The van der Waals surface area contributed by atoms with Crippen LogP contribution in [0.3, 0.4) is 0 Å². The monoisotopic (exact) mass is 365 g/mol. The maximum Gasteiger partial charge on any atom is 0.269 e. The predicted molar refractivity (Wildman–Crippen MR) is 102 cm³/mol. The van der Waals surface area contributed by atoms with Crippen molar-refractivity contribution in [2.45, 2.75) is 6.54 Å². The van der Waals surface area contributed by atoms with E-state index in [2.05, 4.69) is 10.00 Å². The molecule has 0 unspecified atom stereocenters. The SMILES string of the molecule is O=C(Cn1ncc2ccccc21)N1CCN(c2ccc([N+](=O)[O-])cc2)CC1. The number of para-hydroxylation sites is 1. The summed E-state index contributed by atoms with van der Waals surface area (Å²) in [6.07, 6.45) is 1.77. The lowest BCUT2D eigenvalue weighted by molar-refractivity contribution is -0.384. The van der Waals surface area contributed by atoms with E-state index in [0.29, 0.717) is 26.2 Å². The molecule has 1 aromatic heterocycles. The molecule has 8 heteroatoms. The first-order valence-electron chi connectivity index (χ1n) is 8.79. The summed E-state index contributed by atoms with van der Waals surface area (Å²) < 4.78 is 1.74. The number of aromatic nitrogens is 2. The van der Waals surface area contributed by atoms with Crippen LogP contribution in [-0.2, 0) is 11.3 Å². The number of rotatable bonds is 4. The number of carbonyl (C=O) groups is 1. The summed E-state index contributed by atoms with van der Waals surface area (Å²) >= 11 is 0. The first kappa shape index (κ1) is 17.0. The molecule has 0 spiro atoms. The van der Waals surface area contributed by atoms with Crippen LogP contribution in [0.25, 0.3) is 10.9 Å². The van der Waals surface area contributed by atoms with Gasteiger partial charge < -0.3 is 9.80 Å². The molecule has 1 aliphatic rings. The summed E-state index contributed by atoms with van der Waals surface area (Å²) in [4.78, 5) is 27.0. The second-order valence-corrected chi connectivity index (χ2v) is 6.50. The number of amides is 1. The van der Waals surface area contributed by atoms with Crippen molar-refractivity contribution in [3.63, 3.8) is 0 Å². The Bertz CT molecular complexity index is 974. The minimum absolute atomic E-state index is 0.0483. The van der Waals surface area contributed by atoms with Crippen molar-refractivity contribution < 1.29 is 9.72 Å². The predicted octanol–water partition coefficient (Wildman–Crippen LogP) is 2.29. The van der Waals surface area contributed by atoms with Crippen molar-refractivity contribution >= 4 is 28.2 Å². The molecule has 0 N–H and O–H groups in total.